The number of nitrogens with zero attached hydrogens (tertiary/aromatic N) is 1. The Hall–Kier alpha value is -2.23. The minimum atomic E-state index is -3.95. The van der Waals surface area contributed by atoms with Gasteiger partial charge in [0.2, 0.25) is 15.8 Å². The van der Waals surface area contributed by atoms with Crippen molar-refractivity contribution in [1.29, 1.82) is 0 Å². The first-order valence-electron chi connectivity index (χ1n) is 8.01. The van der Waals surface area contributed by atoms with E-state index in [0.717, 1.165) is 0 Å². The maximum absolute atomic E-state index is 13.6. The van der Waals surface area contributed by atoms with Crippen molar-refractivity contribution in [2.45, 2.75) is 17.9 Å². The molecule has 0 amide bonds. The summed E-state index contributed by atoms with van der Waals surface area (Å²) in [6.45, 7) is 2.50. The smallest absolute Gasteiger partial charge is 0.373 e. The van der Waals surface area contributed by atoms with E-state index in [1.165, 1.54) is 36.5 Å². The van der Waals surface area contributed by atoms with Gasteiger partial charge in [-0.2, -0.15) is 4.31 Å². The SMILES string of the molecule is COC(=O)c1cc(S(=O)(=O)N2CCNCC2c2cccc(F)c2)c(C)o1. The zero-order valence-electron chi connectivity index (χ0n) is 14.4. The molecular weight excluding hydrogens is 363 g/mol. The maximum atomic E-state index is 13.6. The molecule has 1 unspecified atom stereocenters. The predicted octanol–water partition coefficient (Wildman–Crippen LogP) is 1.85. The Labute approximate surface area is 150 Å². The van der Waals surface area contributed by atoms with Crippen molar-refractivity contribution < 1.29 is 26.8 Å². The number of furan rings is 1. The zero-order valence-corrected chi connectivity index (χ0v) is 15.2. The average molecular weight is 382 g/mol. The number of halogens is 1. The first-order valence-corrected chi connectivity index (χ1v) is 9.45. The molecule has 1 fully saturated rings. The summed E-state index contributed by atoms with van der Waals surface area (Å²) in [4.78, 5) is 11.5. The highest BCUT2D eigenvalue weighted by molar-refractivity contribution is 7.89. The lowest BCUT2D eigenvalue weighted by molar-refractivity contribution is 0.0563. The van der Waals surface area contributed by atoms with Crippen molar-refractivity contribution in [2.75, 3.05) is 26.7 Å². The second-order valence-electron chi connectivity index (χ2n) is 5.91. The molecule has 1 saturated heterocycles. The van der Waals surface area contributed by atoms with Crippen molar-refractivity contribution >= 4 is 16.0 Å². The highest BCUT2D eigenvalue weighted by Crippen LogP contribution is 2.32. The van der Waals surface area contributed by atoms with Crippen LogP contribution < -0.4 is 5.32 Å². The molecule has 1 aromatic carbocycles. The third-order valence-electron chi connectivity index (χ3n) is 4.27. The van der Waals surface area contributed by atoms with Gasteiger partial charge in [0.05, 0.1) is 13.2 Å². The number of ether oxygens (including phenoxy) is 1. The number of carbonyl (C=O) groups excluding carboxylic acids is 1. The maximum Gasteiger partial charge on any atom is 0.373 e. The van der Waals surface area contributed by atoms with Gasteiger partial charge < -0.3 is 14.5 Å². The topological polar surface area (TPSA) is 88.9 Å². The van der Waals surface area contributed by atoms with E-state index in [2.05, 4.69) is 10.1 Å². The van der Waals surface area contributed by atoms with Crippen LogP contribution in [-0.2, 0) is 14.8 Å². The molecule has 140 valence electrons. The van der Waals surface area contributed by atoms with Crippen LogP contribution >= 0.6 is 0 Å². The summed E-state index contributed by atoms with van der Waals surface area (Å²) in [6.07, 6.45) is 0. The molecule has 1 aromatic heterocycles. The molecule has 0 aliphatic carbocycles. The molecule has 3 rings (SSSR count). The number of hydrogen-bond donors (Lipinski definition) is 1. The van der Waals surface area contributed by atoms with Crippen molar-refractivity contribution in [2.24, 2.45) is 0 Å². The summed E-state index contributed by atoms with van der Waals surface area (Å²) in [5.41, 5.74) is 0.551. The summed E-state index contributed by atoms with van der Waals surface area (Å²) in [5, 5.41) is 3.13. The molecule has 1 aliphatic rings. The Bertz CT molecular complexity index is 925. The third kappa shape index (κ3) is 3.37. The van der Waals surface area contributed by atoms with Crippen LogP contribution in [0.2, 0.25) is 0 Å². The van der Waals surface area contributed by atoms with Crippen LogP contribution in [0.15, 0.2) is 39.6 Å². The Kier molecular flexibility index (Phi) is 5.12. The number of hydrogen-bond acceptors (Lipinski definition) is 6. The molecule has 0 radical (unpaired) electrons. The van der Waals surface area contributed by atoms with Crippen LogP contribution in [0.25, 0.3) is 0 Å². The summed E-state index contributed by atoms with van der Waals surface area (Å²) in [5.74, 6) is -1.27. The molecule has 9 heteroatoms. The summed E-state index contributed by atoms with van der Waals surface area (Å²) >= 11 is 0. The van der Waals surface area contributed by atoms with Gasteiger partial charge in [-0.3, -0.25) is 0 Å². The Morgan fingerprint density at radius 1 is 1.38 bits per heavy atom. The number of methoxy groups -OCH3 is 1. The lowest BCUT2D eigenvalue weighted by atomic mass is 10.1. The van der Waals surface area contributed by atoms with Crippen LogP contribution in [0, 0.1) is 12.7 Å². The van der Waals surface area contributed by atoms with Gasteiger partial charge in [-0.25, -0.2) is 17.6 Å². The van der Waals surface area contributed by atoms with E-state index in [0.29, 0.717) is 18.7 Å². The Balaban J connectivity index is 2.01. The molecule has 7 nitrogen and oxygen atoms in total. The fourth-order valence-corrected chi connectivity index (χ4v) is 4.80. The van der Waals surface area contributed by atoms with Crippen molar-refractivity contribution in [3.63, 3.8) is 0 Å². The van der Waals surface area contributed by atoms with Crippen LogP contribution in [-0.4, -0.2) is 45.4 Å². The number of sulfonamides is 1. The molecule has 0 saturated carbocycles. The minimum Gasteiger partial charge on any atom is -0.463 e. The first kappa shape index (κ1) is 18.6. The number of nitrogens with one attached hydrogen (secondary N) is 1. The Morgan fingerprint density at radius 2 is 2.15 bits per heavy atom. The second-order valence-corrected chi connectivity index (χ2v) is 7.77. The number of carbonyl (C=O) groups is 1. The van der Waals surface area contributed by atoms with E-state index in [9.17, 15) is 17.6 Å². The molecule has 1 atom stereocenters. The van der Waals surface area contributed by atoms with Gasteiger partial charge in [-0.05, 0) is 24.6 Å². The standard InChI is InChI=1S/C17H19FN2O5S/c1-11-16(9-15(25-11)17(21)24-2)26(22,23)20-7-6-19-10-14(20)12-4-3-5-13(18)8-12/h3-5,8-9,14,19H,6-7,10H2,1-2H3. The van der Waals surface area contributed by atoms with E-state index < -0.39 is 27.9 Å². The molecular formula is C17H19FN2O5S. The number of rotatable bonds is 4. The summed E-state index contributed by atoms with van der Waals surface area (Å²) in [6, 6.07) is 6.46. The molecule has 1 N–H and O–H groups in total. The van der Waals surface area contributed by atoms with Crippen LogP contribution in [0.4, 0.5) is 4.39 Å². The van der Waals surface area contributed by atoms with Gasteiger partial charge in [0, 0.05) is 25.7 Å². The predicted molar refractivity (Wildman–Crippen MR) is 90.7 cm³/mol. The lowest BCUT2D eigenvalue weighted by Gasteiger charge is -2.35. The number of esters is 1. The molecule has 0 bridgehead atoms. The molecule has 2 heterocycles. The van der Waals surface area contributed by atoms with E-state index in [1.807, 2.05) is 0 Å². The molecule has 26 heavy (non-hydrogen) atoms. The van der Waals surface area contributed by atoms with Crippen molar-refractivity contribution in [3.05, 3.63) is 53.2 Å². The second kappa shape index (κ2) is 7.18. The molecule has 2 aromatic rings. The highest BCUT2D eigenvalue weighted by Gasteiger charge is 2.37. The van der Waals surface area contributed by atoms with Crippen molar-refractivity contribution in [3.8, 4) is 0 Å². The number of aryl methyl sites for hydroxylation is 1. The van der Waals surface area contributed by atoms with Gasteiger partial charge in [-0.15, -0.1) is 0 Å². The van der Waals surface area contributed by atoms with E-state index in [1.54, 1.807) is 12.1 Å². The van der Waals surface area contributed by atoms with E-state index >= 15 is 0 Å². The van der Waals surface area contributed by atoms with Gasteiger partial charge >= 0.3 is 5.97 Å². The fraction of sp³-hybridized carbons (Fsp3) is 0.353. The van der Waals surface area contributed by atoms with Gasteiger partial charge in [0.25, 0.3) is 0 Å². The van der Waals surface area contributed by atoms with Crippen LogP contribution in [0.1, 0.15) is 27.9 Å². The average Bonchev–Trinajstić information content (AvgIpc) is 3.03. The van der Waals surface area contributed by atoms with Gasteiger partial charge in [0.1, 0.15) is 16.5 Å². The number of benzene rings is 1. The van der Waals surface area contributed by atoms with Gasteiger partial charge in [-0.1, -0.05) is 12.1 Å². The summed E-state index contributed by atoms with van der Waals surface area (Å²) in [7, 11) is -2.77. The Morgan fingerprint density at radius 3 is 2.85 bits per heavy atom. The zero-order chi connectivity index (χ0) is 18.9. The van der Waals surface area contributed by atoms with Crippen LogP contribution in [0.3, 0.4) is 0 Å². The van der Waals surface area contributed by atoms with Crippen molar-refractivity contribution in [1.82, 2.24) is 9.62 Å². The van der Waals surface area contributed by atoms with E-state index in [-0.39, 0.29) is 23.0 Å². The normalized spacial score (nSPS) is 18.7. The van der Waals surface area contributed by atoms with Crippen LogP contribution in [0.5, 0.6) is 0 Å². The largest absolute Gasteiger partial charge is 0.463 e. The van der Waals surface area contributed by atoms with E-state index in [4.69, 9.17) is 4.42 Å². The minimum absolute atomic E-state index is 0.0961. The quantitative estimate of drug-likeness (QED) is 0.812. The van der Waals surface area contributed by atoms with Gasteiger partial charge in [0.15, 0.2) is 0 Å². The highest BCUT2D eigenvalue weighted by atomic mass is 32.2. The first-order chi connectivity index (χ1) is 12.3. The molecule has 1 aliphatic heterocycles. The number of piperazine rings is 1. The monoisotopic (exact) mass is 382 g/mol. The molecule has 0 spiro atoms. The summed E-state index contributed by atoms with van der Waals surface area (Å²) < 4.78 is 51.1. The third-order valence-corrected chi connectivity index (χ3v) is 6.29. The fourth-order valence-electron chi connectivity index (χ4n) is 3.02. The lowest BCUT2D eigenvalue weighted by Crippen LogP contribution is -2.48.